The fourth-order valence-electron chi connectivity index (χ4n) is 5.26. The van der Waals surface area contributed by atoms with Gasteiger partial charge in [-0.3, -0.25) is 4.90 Å². The minimum Gasteiger partial charge on any atom is -0.444 e. The highest BCUT2D eigenvalue weighted by atomic mass is 16.6. The molecule has 0 unspecified atom stereocenters. The summed E-state index contributed by atoms with van der Waals surface area (Å²) in [6.07, 6.45) is 6.69. The van der Waals surface area contributed by atoms with E-state index in [1.807, 2.05) is 37.6 Å². The summed E-state index contributed by atoms with van der Waals surface area (Å²) >= 11 is 0. The molecule has 0 bridgehead atoms. The van der Waals surface area contributed by atoms with E-state index in [-0.39, 0.29) is 24.2 Å². The number of ether oxygens (including phenoxy) is 1. The zero-order valence-electron chi connectivity index (χ0n) is 20.8. The molecule has 7 nitrogen and oxygen atoms in total. The lowest BCUT2D eigenvalue weighted by atomic mass is 9.75. The molecule has 2 heterocycles. The molecule has 2 aliphatic heterocycles. The number of hydrogen-bond acceptors (Lipinski definition) is 4. The maximum Gasteiger partial charge on any atom is 0.410 e. The van der Waals surface area contributed by atoms with Gasteiger partial charge in [-0.2, -0.15) is 0 Å². The van der Waals surface area contributed by atoms with Crippen LogP contribution in [0.25, 0.3) is 0 Å². The van der Waals surface area contributed by atoms with Gasteiger partial charge in [-0.05, 0) is 64.7 Å². The second-order valence-electron chi connectivity index (χ2n) is 11.7. The topological polar surface area (TPSA) is 56.3 Å². The van der Waals surface area contributed by atoms with E-state index in [9.17, 15) is 9.59 Å². The molecule has 0 aromatic heterocycles. The Bertz CT molecular complexity index is 650. The molecule has 2 saturated heterocycles. The van der Waals surface area contributed by atoms with Crippen LogP contribution >= 0.6 is 0 Å². The summed E-state index contributed by atoms with van der Waals surface area (Å²) in [5, 5.41) is 0. The van der Waals surface area contributed by atoms with Gasteiger partial charge in [0.25, 0.3) is 0 Å². The van der Waals surface area contributed by atoms with Crippen LogP contribution in [-0.4, -0.2) is 95.7 Å². The van der Waals surface area contributed by atoms with Gasteiger partial charge < -0.3 is 19.4 Å². The van der Waals surface area contributed by atoms with Gasteiger partial charge in [0.15, 0.2) is 0 Å². The normalized spacial score (nSPS) is 27.4. The lowest BCUT2D eigenvalue weighted by Gasteiger charge is -2.39. The third-order valence-electron chi connectivity index (χ3n) is 7.53. The van der Waals surface area contributed by atoms with Crippen molar-refractivity contribution in [2.45, 2.75) is 96.9 Å². The van der Waals surface area contributed by atoms with Crippen LogP contribution in [0.1, 0.15) is 73.1 Å². The first-order valence-corrected chi connectivity index (χ1v) is 12.1. The largest absolute Gasteiger partial charge is 0.444 e. The summed E-state index contributed by atoms with van der Waals surface area (Å²) in [6.45, 7) is 13.7. The van der Waals surface area contributed by atoms with Crippen LogP contribution in [0.5, 0.6) is 0 Å². The van der Waals surface area contributed by atoms with Gasteiger partial charge in [-0.25, -0.2) is 9.59 Å². The quantitative estimate of drug-likeness (QED) is 0.670. The maximum absolute atomic E-state index is 13.2. The molecule has 3 aliphatic rings. The van der Waals surface area contributed by atoms with E-state index >= 15 is 0 Å². The Labute approximate surface area is 189 Å². The molecule has 2 atom stereocenters. The lowest BCUT2D eigenvalue weighted by molar-refractivity contribution is 0.0229. The van der Waals surface area contributed by atoms with E-state index in [2.05, 4.69) is 18.7 Å². The molecule has 0 aromatic rings. The van der Waals surface area contributed by atoms with Crippen molar-refractivity contribution in [3.05, 3.63) is 0 Å². The Kier molecular flexibility index (Phi) is 7.14. The average molecular weight is 437 g/mol. The SMILES string of the molecule is CN(C(=O)OC(C)(C)C)[C@H]1CCN(C(=O)N(C)[C@@H]2CCN(C3CCC(C)(C)CC3)C2)C1. The van der Waals surface area contributed by atoms with Crippen LogP contribution in [0, 0.1) is 5.41 Å². The fourth-order valence-corrected chi connectivity index (χ4v) is 5.26. The molecular formula is C24H44N4O3. The van der Waals surface area contributed by atoms with Gasteiger partial charge in [0, 0.05) is 52.4 Å². The average Bonchev–Trinajstić information content (AvgIpc) is 3.35. The lowest BCUT2D eigenvalue weighted by Crippen LogP contribution is -2.48. The standard InChI is InChI=1S/C24H44N4O3/c1-23(2,3)31-22(30)26(7)20-11-15-28(17-20)21(29)25(6)19-10-14-27(16-19)18-8-12-24(4,5)13-9-18/h18-20H,8-17H2,1-7H3/t19-,20+/m1/s1. The molecule has 0 N–H and O–H groups in total. The molecule has 0 aromatic carbocycles. The molecule has 1 aliphatic carbocycles. The predicted octanol–water partition coefficient (Wildman–Crippen LogP) is 4.02. The molecule has 7 heteroatoms. The Hall–Kier alpha value is -1.50. The molecule has 3 fully saturated rings. The predicted molar refractivity (Wildman–Crippen MR) is 123 cm³/mol. The summed E-state index contributed by atoms with van der Waals surface area (Å²) in [5.74, 6) is 0. The van der Waals surface area contributed by atoms with Gasteiger partial charge in [-0.15, -0.1) is 0 Å². The molecule has 0 radical (unpaired) electrons. The third kappa shape index (κ3) is 6.05. The maximum atomic E-state index is 13.2. The molecule has 1 saturated carbocycles. The molecule has 178 valence electrons. The summed E-state index contributed by atoms with van der Waals surface area (Å²) in [5.41, 5.74) is -0.0246. The molecule has 3 amide bonds. The van der Waals surface area contributed by atoms with Crippen molar-refractivity contribution in [1.82, 2.24) is 19.6 Å². The highest BCUT2D eigenvalue weighted by Crippen LogP contribution is 2.38. The zero-order chi connectivity index (χ0) is 23.0. The van der Waals surface area contributed by atoms with Crippen molar-refractivity contribution >= 4 is 12.1 Å². The van der Waals surface area contributed by atoms with Crippen LogP contribution in [-0.2, 0) is 4.74 Å². The second-order valence-corrected chi connectivity index (χ2v) is 11.7. The van der Waals surface area contributed by atoms with Gasteiger partial charge in [0.1, 0.15) is 5.60 Å². The van der Waals surface area contributed by atoms with Crippen molar-refractivity contribution in [3.63, 3.8) is 0 Å². The van der Waals surface area contributed by atoms with E-state index in [4.69, 9.17) is 4.74 Å². The van der Waals surface area contributed by atoms with Crippen molar-refractivity contribution < 1.29 is 14.3 Å². The van der Waals surface area contributed by atoms with Crippen molar-refractivity contribution in [2.24, 2.45) is 5.41 Å². The van der Waals surface area contributed by atoms with Crippen molar-refractivity contribution in [3.8, 4) is 0 Å². The summed E-state index contributed by atoms with van der Waals surface area (Å²) < 4.78 is 5.49. The number of rotatable bonds is 3. The van der Waals surface area contributed by atoms with E-state index < -0.39 is 5.60 Å². The van der Waals surface area contributed by atoms with E-state index in [0.717, 1.165) is 25.9 Å². The Morgan fingerprint density at radius 3 is 2.10 bits per heavy atom. The number of hydrogen-bond donors (Lipinski definition) is 0. The van der Waals surface area contributed by atoms with Crippen LogP contribution < -0.4 is 0 Å². The van der Waals surface area contributed by atoms with E-state index in [0.29, 0.717) is 24.5 Å². The van der Waals surface area contributed by atoms with E-state index in [1.165, 1.54) is 25.7 Å². The van der Waals surface area contributed by atoms with Gasteiger partial charge in [-0.1, -0.05) is 13.8 Å². The first-order valence-electron chi connectivity index (χ1n) is 12.1. The smallest absolute Gasteiger partial charge is 0.410 e. The number of urea groups is 1. The van der Waals surface area contributed by atoms with Gasteiger partial charge in [0.05, 0.1) is 6.04 Å². The van der Waals surface area contributed by atoms with Gasteiger partial charge in [0.2, 0.25) is 0 Å². The number of likely N-dealkylation sites (tertiary alicyclic amines) is 2. The molecular weight excluding hydrogens is 392 g/mol. The minimum atomic E-state index is -0.512. The first-order chi connectivity index (χ1) is 14.4. The summed E-state index contributed by atoms with van der Waals surface area (Å²) in [6, 6.07) is 1.07. The van der Waals surface area contributed by atoms with Crippen molar-refractivity contribution in [2.75, 3.05) is 40.3 Å². The summed E-state index contributed by atoms with van der Waals surface area (Å²) in [7, 11) is 3.72. The van der Waals surface area contributed by atoms with Gasteiger partial charge >= 0.3 is 12.1 Å². The Morgan fingerprint density at radius 1 is 0.903 bits per heavy atom. The highest BCUT2D eigenvalue weighted by molar-refractivity contribution is 5.75. The first kappa shape index (κ1) is 24.1. The van der Waals surface area contributed by atoms with E-state index in [1.54, 1.807) is 11.9 Å². The van der Waals surface area contributed by atoms with Crippen LogP contribution in [0.2, 0.25) is 0 Å². The molecule has 0 spiro atoms. The zero-order valence-corrected chi connectivity index (χ0v) is 20.8. The van der Waals surface area contributed by atoms with Crippen LogP contribution in [0.3, 0.4) is 0 Å². The third-order valence-corrected chi connectivity index (χ3v) is 7.53. The van der Waals surface area contributed by atoms with Crippen LogP contribution in [0.4, 0.5) is 9.59 Å². The molecule has 3 rings (SSSR count). The highest BCUT2D eigenvalue weighted by Gasteiger charge is 2.39. The molecule has 31 heavy (non-hydrogen) atoms. The monoisotopic (exact) mass is 436 g/mol. The number of carbonyl (C=O) groups excluding carboxylic acids is 2. The summed E-state index contributed by atoms with van der Waals surface area (Å²) in [4.78, 5) is 33.7. The fraction of sp³-hybridized carbons (Fsp3) is 0.917. The Balaban J connectivity index is 1.48. The minimum absolute atomic E-state index is 0.0119. The van der Waals surface area contributed by atoms with Crippen LogP contribution in [0.15, 0.2) is 0 Å². The Morgan fingerprint density at radius 2 is 1.48 bits per heavy atom. The van der Waals surface area contributed by atoms with Crippen molar-refractivity contribution in [1.29, 1.82) is 0 Å². The number of likely N-dealkylation sites (N-methyl/N-ethyl adjacent to an activating group) is 2. The number of amides is 3. The second kappa shape index (κ2) is 9.16. The number of carbonyl (C=O) groups is 2. The number of nitrogens with zero attached hydrogens (tertiary/aromatic N) is 4.